The molecule has 1 heterocycles. The molecule has 0 aliphatic heterocycles. The third kappa shape index (κ3) is 3.08. The predicted molar refractivity (Wildman–Crippen MR) is 59.5 cm³/mol. The van der Waals surface area contributed by atoms with Crippen molar-refractivity contribution in [3.63, 3.8) is 0 Å². The van der Waals surface area contributed by atoms with Crippen LogP contribution in [0.5, 0.6) is 0 Å². The van der Waals surface area contributed by atoms with Crippen molar-refractivity contribution in [2.75, 3.05) is 26.1 Å². The highest BCUT2D eigenvalue weighted by Gasteiger charge is 2.04. The zero-order valence-electron chi connectivity index (χ0n) is 9.64. The van der Waals surface area contributed by atoms with Crippen LogP contribution in [0.25, 0.3) is 0 Å². The third-order valence-electron chi connectivity index (χ3n) is 2.13. The minimum atomic E-state index is -0.356. The number of ether oxygens (including phenoxy) is 1. The van der Waals surface area contributed by atoms with E-state index >= 15 is 0 Å². The second-order valence-electron chi connectivity index (χ2n) is 3.50. The van der Waals surface area contributed by atoms with E-state index in [2.05, 4.69) is 9.84 Å². The Bertz CT molecular complexity index is 426. The van der Waals surface area contributed by atoms with Crippen LogP contribution in [-0.2, 0) is 16.1 Å². The molecule has 0 unspecified atom stereocenters. The summed E-state index contributed by atoms with van der Waals surface area (Å²) in [5, 5.41) is 3.96. The Morgan fingerprint density at radius 2 is 2.25 bits per heavy atom. The average Bonchev–Trinajstić information content (AvgIpc) is 2.26. The number of rotatable bonds is 4. The van der Waals surface area contributed by atoms with E-state index in [1.807, 2.05) is 14.1 Å². The molecule has 0 aliphatic rings. The standard InChI is InChI=1S/C10H15N3O3/c1-12(2)8-6-9(14)13(11-7-8)5-4-10(15)16-3/h6-7H,4-5H2,1-3H3. The normalized spacial score (nSPS) is 9.94. The molecule has 0 N–H and O–H groups in total. The van der Waals surface area contributed by atoms with E-state index in [1.54, 1.807) is 11.1 Å². The van der Waals surface area contributed by atoms with Crippen molar-refractivity contribution in [1.29, 1.82) is 0 Å². The van der Waals surface area contributed by atoms with Crippen LogP contribution in [0.2, 0.25) is 0 Å². The van der Waals surface area contributed by atoms with Crippen LogP contribution in [0, 0.1) is 0 Å². The lowest BCUT2D eigenvalue weighted by Gasteiger charge is -2.12. The molecule has 1 aromatic rings. The second-order valence-corrected chi connectivity index (χ2v) is 3.50. The first-order valence-electron chi connectivity index (χ1n) is 4.86. The maximum atomic E-state index is 11.6. The van der Waals surface area contributed by atoms with Gasteiger partial charge in [0, 0.05) is 20.2 Å². The number of aryl methyl sites for hydroxylation is 1. The highest BCUT2D eigenvalue weighted by Crippen LogP contribution is 2.03. The number of hydrogen-bond acceptors (Lipinski definition) is 5. The van der Waals surface area contributed by atoms with Gasteiger partial charge in [0.2, 0.25) is 0 Å². The molecule has 6 nitrogen and oxygen atoms in total. The molecule has 6 heteroatoms. The number of carbonyl (C=O) groups is 1. The molecule has 0 spiro atoms. The van der Waals surface area contributed by atoms with Crippen molar-refractivity contribution in [3.8, 4) is 0 Å². The van der Waals surface area contributed by atoms with Gasteiger partial charge in [0.1, 0.15) is 0 Å². The highest BCUT2D eigenvalue weighted by molar-refractivity contribution is 5.68. The van der Waals surface area contributed by atoms with Crippen molar-refractivity contribution in [3.05, 3.63) is 22.6 Å². The summed E-state index contributed by atoms with van der Waals surface area (Å²) in [4.78, 5) is 24.3. The van der Waals surface area contributed by atoms with Gasteiger partial charge >= 0.3 is 5.97 Å². The summed E-state index contributed by atoms with van der Waals surface area (Å²) in [7, 11) is 4.97. The first-order valence-corrected chi connectivity index (χ1v) is 4.86. The molecule has 0 atom stereocenters. The molecule has 0 bridgehead atoms. The minimum absolute atomic E-state index is 0.144. The molecule has 0 radical (unpaired) electrons. The number of anilines is 1. The summed E-state index contributed by atoms with van der Waals surface area (Å²) >= 11 is 0. The Hall–Kier alpha value is -1.85. The molecular formula is C10H15N3O3. The molecule has 1 aromatic heterocycles. The van der Waals surface area contributed by atoms with Gasteiger partial charge in [0.25, 0.3) is 5.56 Å². The number of methoxy groups -OCH3 is 1. The molecule has 0 amide bonds. The Balaban J connectivity index is 2.76. The SMILES string of the molecule is COC(=O)CCn1ncc(N(C)C)cc1=O. The van der Waals surface area contributed by atoms with E-state index in [4.69, 9.17) is 0 Å². The molecule has 0 fully saturated rings. The minimum Gasteiger partial charge on any atom is -0.469 e. The van der Waals surface area contributed by atoms with Gasteiger partial charge in [0.05, 0.1) is 32.0 Å². The number of esters is 1. The zero-order chi connectivity index (χ0) is 12.1. The van der Waals surface area contributed by atoms with Gasteiger partial charge < -0.3 is 9.64 Å². The fourth-order valence-electron chi connectivity index (χ4n) is 1.14. The highest BCUT2D eigenvalue weighted by atomic mass is 16.5. The van der Waals surface area contributed by atoms with E-state index in [9.17, 15) is 9.59 Å². The molecule has 0 saturated heterocycles. The first kappa shape index (κ1) is 12.2. The fourth-order valence-corrected chi connectivity index (χ4v) is 1.14. The van der Waals surface area contributed by atoms with Crippen LogP contribution in [0.3, 0.4) is 0 Å². The van der Waals surface area contributed by atoms with E-state index in [0.717, 1.165) is 5.69 Å². The Morgan fingerprint density at radius 3 is 2.75 bits per heavy atom. The maximum absolute atomic E-state index is 11.6. The van der Waals surface area contributed by atoms with Crippen LogP contribution >= 0.6 is 0 Å². The van der Waals surface area contributed by atoms with Crippen molar-refractivity contribution < 1.29 is 9.53 Å². The van der Waals surface area contributed by atoms with Crippen LogP contribution in [0.4, 0.5) is 5.69 Å². The summed E-state index contributed by atoms with van der Waals surface area (Å²) in [6.07, 6.45) is 1.73. The Labute approximate surface area is 93.4 Å². The zero-order valence-corrected chi connectivity index (χ0v) is 9.64. The lowest BCUT2D eigenvalue weighted by atomic mass is 10.4. The third-order valence-corrected chi connectivity index (χ3v) is 2.13. The van der Waals surface area contributed by atoms with Crippen molar-refractivity contribution in [1.82, 2.24) is 9.78 Å². The largest absolute Gasteiger partial charge is 0.469 e. The number of nitrogens with zero attached hydrogens (tertiary/aromatic N) is 3. The predicted octanol–water partition coefficient (Wildman–Crippen LogP) is -0.128. The van der Waals surface area contributed by atoms with E-state index in [0.29, 0.717) is 0 Å². The topological polar surface area (TPSA) is 64.4 Å². The maximum Gasteiger partial charge on any atom is 0.307 e. The van der Waals surface area contributed by atoms with Gasteiger partial charge in [-0.15, -0.1) is 0 Å². The summed E-state index contributed by atoms with van der Waals surface area (Å²) in [6, 6.07) is 1.48. The lowest BCUT2D eigenvalue weighted by molar-refractivity contribution is -0.140. The van der Waals surface area contributed by atoms with Gasteiger partial charge in [-0.3, -0.25) is 9.59 Å². The summed E-state index contributed by atoms with van der Waals surface area (Å²) in [5.74, 6) is -0.356. The summed E-state index contributed by atoms with van der Waals surface area (Å²) in [5.41, 5.74) is 0.509. The van der Waals surface area contributed by atoms with Gasteiger partial charge in [-0.1, -0.05) is 0 Å². The van der Waals surface area contributed by atoms with Gasteiger partial charge in [-0.05, 0) is 0 Å². The number of hydrogen-bond donors (Lipinski definition) is 0. The lowest BCUT2D eigenvalue weighted by Crippen LogP contribution is -2.25. The van der Waals surface area contributed by atoms with Gasteiger partial charge in [-0.25, -0.2) is 4.68 Å². The van der Waals surface area contributed by atoms with Crippen LogP contribution in [0.15, 0.2) is 17.1 Å². The summed E-state index contributed by atoms with van der Waals surface area (Å²) in [6.45, 7) is 0.235. The first-order chi connectivity index (χ1) is 7.54. The van der Waals surface area contributed by atoms with E-state index in [-0.39, 0.29) is 24.5 Å². The molecule has 16 heavy (non-hydrogen) atoms. The van der Waals surface area contributed by atoms with Crippen molar-refractivity contribution in [2.24, 2.45) is 0 Å². The van der Waals surface area contributed by atoms with Crippen LogP contribution < -0.4 is 10.5 Å². The van der Waals surface area contributed by atoms with Gasteiger partial charge in [-0.2, -0.15) is 5.10 Å². The van der Waals surface area contributed by atoms with Gasteiger partial charge in [0.15, 0.2) is 0 Å². The monoisotopic (exact) mass is 225 g/mol. The molecule has 88 valence electrons. The van der Waals surface area contributed by atoms with Crippen LogP contribution in [-0.4, -0.2) is 37.0 Å². The van der Waals surface area contributed by atoms with Crippen LogP contribution in [0.1, 0.15) is 6.42 Å². The molecule has 0 aromatic carbocycles. The van der Waals surface area contributed by atoms with Crippen molar-refractivity contribution in [2.45, 2.75) is 13.0 Å². The Kier molecular flexibility index (Phi) is 4.04. The van der Waals surface area contributed by atoms with E-state index in [1.165, 1.54) is 17.9 Å². The summed E-state index contributed by atoms with van der Waals surface area (Å²) < 4.78 is 5.72. The number of carbonyl (C=O) groups excluding carboxylic acids is 1. The Morgan fingerprint density at radius 1 is 1.56 bits per heavy atom. The van der Waals surface area contributed by atoms with E-state index < -0.39 is 0 Å². The number of aromatic nitrogens is 2. The molecule has 0 saturated carbocycles. The molecule has 0 aliphatic carbocycles. The fraction of sp³-hybridized carbons (Fsp3) is 0.500. The smallest absolute Gasteiger partial charge is 0.307 e. The molecular weight excluding hydrogens is 210 g/mol. The molecule has 1 rings (SSSR count). The van der Waals surface area contributed by atoms with Crippen molar-refractivity contribution >= 4 is 11.7 Å². The quantitative estimate of drug-likeness (QED) is 0.668. The second kappa shape index (κ2) is 5.29. The average molecular weight is 225 g/mol.